The van der Waals surface area contributed by atoms with Gasteiger partial charge in [-0.05, 0) is 12.8 Å². The van der Waals surface area contributed by atoms with Crippen LogP contribution in [0.5, 0.6) is 0 Å². The first kappa shape index (κ1) is 19.6. The summed E-state index contributed by atoms with van der Waals surface area (Å²) in [5.41, 5.74) is -0.778. The molecule has 9 nitrogen and oxygen atoms in total. The van der Waals surface area contributed by atoms with Crippen molar-refractivity contribution < 1.29 is 14.4 Å². The average molecular weight is 397 g/mol. The van der Waals surface area contributed by atoms with Gasteiger partial charge in [-0.2, -0.15) is 0 Å². The van der Waals surface area contributed by atoms with Crippen molar-refractivity contribution in [3.05, 3.63) is 18.2 Å². The lowest BCUT2D eigenvalue weighted by Gasteiger charge is -2.36. The molecule has 27 heavy (non-hydrogen) atoms. The maximum Gasteiger partial charge on any atom is 0.325 e. The second kappa shape index (κ2) is 7.47. The van der Waals surface area contributed by atoms with Crippen molar-refractivity contribution in [3.63, 3.8) is 0 Å². The summed E-state index contributed by atoms with van der Waals surface area (Å²) < 4.78 is 1.89. The fourth-order valence-corrected chi connectivity index (χ4v) is 4.30. The summed E-state index contributed by atoms with van der Waals surface area (Å²) in [6, 6.07) is -0.661. The Morgan fingerprint density at radius 2 is 2.07 bits per heavy atom. The number of nitrogens with one attached hydrogen (secondary N) is 2. The molecule has 2 saturated heterocycles. The second-order valence-electron chi connectivity index (χ2n) is 7.31. The zero-order valence-corrected chi connectivity index (χ0v) is 16.1. The summed E-state index contributed by atoms with van der Waals surface area (Å²) in [7, 11) is 1.89. The SMILES string of the molecule is Cl.Cn1ccnc1C1CNCCN1C(=O)CN1C(=O)NC2(CCCC2)C1=O. The van der Waals surface area contributed by atoms with Crippen LogP contribution in [0.25, 0.3) is 0 Å². The topological polar surface area (TPSA) is 99.6 Å². The molecule has 2 aliphatic heterocycles. The number of aryl methyl sites for hydroxylation is 1. The lowest BCUT2D eigenvalue weighted by molar-refractivity contribution is -0.141. The van der Waals surface area contributed by atoms with Crippen molar-refractivity contribution in [3.8, 4) is 0 Å². The van der Waals surface area contributed by atoms with Gasteiger partial charge in [-0.15, -0.1) is 12.4 Å². The highest BCUT2D eigenvalue weighted by molar-refractivity contribution is 6.09. The van der Waals surface area contributed by atoms with Crippen LogP contribution in [0.15, 0.2) is 12.4 Å². The number of nitrogens with zero attached hydrogens (tertiary/aromatic N) is 4. The lowest BCUT2D eigenvalue weighted by Crippen LogP contribution is -2.53. The minimum absolute atomic E-state index is 0. The van der Waals surface area contributed by atoms with Crippen molar-refractivity contribution in [2.75, 3.05) is 26.2 Å². The number of piperazine rings is 1. The summed E-state index contributed by atoms with van der Waals surface area (Å²) in [6.45, 7) is 1.58. The molecule has 3 heterocycles. The normalized spacial score (nSPS) is 24.3. The summed E-state index contributed by atoms with van der Waals surface area (Å²) in [6.07, 6.45) is 6.71. The fraction of sp³-hybridized carbons (Fsp3) is 0.647. The number of urea groups is 1. The third kappa shape index (κ3) is 3.29. The molecule has 10 heteroatoms. The molecule has 3 aliphatic rings. The van der Waals surface area contributed by atoms with E-state index in [1.807, 2.05) is 17.8 Å². The molecule has 4 rings (SSSR count). The van der Waals surface area contributed by atoms with E-state index in [4.69, 9.17) is 0 Å². The molecule has 3 fully saturated rings. The molecule has 1 atom stereocenters. The Hall–Kier alpha value is -2.13. The van der Waals surface area contributed by atoms with Gasteiger partial charge in [0.25, 0.3) is 5.91 Å². The van der Waals surface area contributed by atoms with Crippen LogP contribution in [0.3, 0.4) is 0 Å². The Bertz CT molecular complexity index is 745. The van der Waals surface area contributed by atoms with Crippen molar-refractivity contribution in [2.45, 2.75) is 37.3 Å². The molecular weight excluding hydrogens is 372 g/mol. The van der Waals surface area contributed by atoms with Crippen LogP contribution in [0, 0.1) is 0 Å². The molecule has 1 aromatic heterocycles. The van der Waals surface area contributed by atoms with Crippen LogP contribution in [0.1, 0.15) is 37.5 Å². The van der Waals surface area contributed by atoms with E-state index in [0.717, 1.165) is 23.6 Å². The monoisotopic (exact) mass is 396 g/mol. The number of hydrogen-bond acceptors (Lipinski definition) is 5. The van der Waals surface area contributed by atoms with E-state index >= 15 is 0 Å². The molecule has 2 N–H and O–H groups in total. The molecule has 1 aromatic rings. The van der Waals surface area contributed by atoms with Gasteiger partial charge in [-0.1, -0.05) is 12.8 Å². The molecule has 1 spiro atoms. The highest BCUT2D eigenvalue weighted by atomic mass is 35.5. The van der Waals surface area contributed by atoms with Gasteiger partial charge >= 0.3 is 6.03 Å². The van der Waals surface area contributed by atoms with E-state index < -0.39 is 11.6 Å². The molecule has 0 aromatic carbocycles. The van der Waals surface area contributed by atoms with Crippen molar-refractivity contribution >= 4 is 30.3 Å². The van der Waals surface area contributed by atoms with E-state index in [0.29, 0.717) is 32.5 Å². The minimum atomic E-state index is -0.778. The van der Waals surface area contributed by atoms with Gasteiger partial charge in [0.05, 0.1) is 0 Å². The quantitative estimate of drug-likeness (QED) is 0.710. The van der Waals surface area contributed by atoms with Crippen LogP contribution in [0.4, 0.5) is 4.79 Å². The molecule has 1 saturated carbocycles. The standard InChI is InChI=1S/C17H24N6O3.ClH/c1-21-8-7-19-14(21)12-10-18-6-9-22(12)13(24)11-23-15(25)17(20-16(23)26)4-2-3-5-17;/h7-8,12,18H,2-6,9-11H2,1H3,(H,20,26);1H. The Morgan fingerprint density at radius 3 is 2.74 bits per heavy atom. The number of halogens is 1. The van der Waals surface area contributed by atoms with E-state index in [-0.39, 0.29) is 36.8 Å². The van der Waals surface area contributed by atoms with Crippen LogP contribution < -0.4 is 10.6 Å². The summed E-state index contributed by atoms with van der Waals surface area (Å²) >= 11 is 0. The Balaban J connectivity index is 0.00000210. The first-order chi connectivity index (χ1) is 12.5. The van der Waals surface area contributed by atoms with Gasteiger partial charge in [0, 0.05) is 39.1 Å². The van der Waals surface area contributed by atoms with E-state index in [9.17, 15) is 14.4 Å². The van der Waals surface area contributed by atoms with Gasteiger partial charge in [0.15, 0.2) is 0 Å². The zero-order valence-electron chi connectivity index (χ0n) is 15.3. The average Bonchev–Trinajstić information content (AvgIpc) is 3.33. The zero-order chi connectivity index (χ0) is 18.3. The second-order valence-corrected chi connectivity index (χ2v) is 7.31. The van der Waals surface area contributed by atoms with Gasteiger partial charge < -0.3 is 20.1 Å². The van der Waals surface area contributed by atoms with Crippen LogP contribution in [-0.2, 0) is 16.6 Å². The molecule has 4 amide bonds. The van der Waals surface area contributed by atoms with E-state index in [1.54, 1.807) is 11.1 Å². The number of aromatic nitrogens is 2. The molecular formula is C17H25ClN6O3. The van der Waals surface area contributed by atoms with E-state index in [1.165, 1.54) is 0 Å². The predicted molar refractivity (Wildman–Crippen MR) is 99.2 cm³/mol. The molecule has 148 valence electrons. The highest BCUT2D eigenvalue weighted by Gasteiger charge is 2.53. The fourth-order valence-electron chi connectivity index (χ4n) is 4.30. The number of carbonyl (C=O) groups is 3. The maximum absolute atomic E-state index is 13.0. The van der Waals surface area contributed by atoms with Crippen molar-refractivity contribution in [2.24, 2.45) is 7.05 Å². The summed E-state index contributed by atoms with van der Waals surface area (Å²) in [4.78, 5) is 45.2. The Morgan fingerprint density at radius 1 is 1.33 bits per heavy atom. The first-order valence-corrected chi connectivity index (χ1v) is 9.13. The Labute approximate surface area is 163 Å². The summed E-state index contributed by atoms with van der Waals surface area (Å²) in [5.74, 6) is 0.310. The lowest BCUT2D eigenvalue weighted by atomic mass is 9.98. The molecule has 0 bridgehead atoms. The minimum Gasteiger partial charge on any atom is -0.336 e. The Kier molecular flexibility index (Phi) is 5.43. The van der Waals surface area contributed by atoms with Gasteiger partial charge in [0.1, 0.15) is 23.9 Å². The van der Waals surface area contributed by atoms with Crippen molar-refractivity contribution in [1.29, 1.82) is 0 Å². The largest absolute Gasteiger partial charge is 0.336 e. The number of imidazole rings is 1. The van der Waals surface area contributed by atoms with Gasteiger partial charge in [0.2, 0.25) is 5.91 Å². The molecule has 1 aliphatic carbocycles. The third-order valence-electron chi connectivity index (χ3n) is 5.72. The third-order valence-corrected chi connectivity index (χ3v) is 5.72. The number of amides is 4. The van der Waals surface area contributed by atoms with E-state index in [2.05, 4.69) is 15.6 Å². The van der Waals surface area contributed by atoms with Gasteiger partial charge in [-0.25, -0.2) is 9.78 Å². The highest BCUT2D eigenvalue weighted by Crippen LogP contribution is 2.35. The van der Waals surface area contributed by atoms with Crippen LogP contribution >= 0.6 is 12.4 Å². The number of imide groups is 1. The number of carbonyl (C=O) groups excluding carboxylic acids is 3. The number of rotatable bonds is 3. The maximum atomic E-state index is 13.0. The van der Waals surface area contributed by atoms with Crippen molar-refractivity contribution in [1.82, 2.24) is 30.0 Å². The molecule has 0 radical (unpaired) electrons. The van der Waals surface area contributed by atoms with Gasteiger partial charge in [-0.3, -0.25) is 14.5 Å². The van der Waals surface area contributed by atoms with Crippen LogP contribution in [0.2, 0.25) is 0 Å². The first-order valence-electron chi connectivity index (χ1n) is 9.13. The number of hydrogen-bond donors (Lipinski definition) is 2. The van der Waals surface area contributed by atoms with Crippen LogP contribution in [-0.4, -0.2) is 68.9 Å². The summed E-state index contributed by atoms with van der Waals surface area (Å²) in [5, 5.41) is 6.10. The smallest absolute Gasteiger partial charge is 0.325 e. The molecule has 1 unspecified atom stereocenters. The predicted octanol–water partition coefficient (Wildman–Crippen LogP) is 0.179.